The average Bonchev–Trinajstić information content (AvgIpc) is 2.20. The highest BCUT2D eigenvalue weighted by molar-refractivity contribution is 5.77. The van der Waals surface area contributed by atoms with Crippen LogP contribution < -0.4 is 4.74 Å². The fraction of sp³-hybridized carbons (Fsp3) is 0.417. The lowest BCUT2D eigenvalue weighted by molar-refractivity contribution is -0.140. The molecular formula is C12H14F2O3. The maximum absolute atomic E-state index is 13.7. The van der Waals surface area contributed by atoms with Gasteiger partial charge in [0, 0.05) is 17.7 Å². The molecule has 0 saturated heterocycles. The van der Waals surface area contributed by atoms with Crippen LogP contribution in [0.15, 0.2) is 12.1 Å². The molecule has 0 amide bonds. The van der Waals surface area contributed by atoms with Crippen molar-refractivity contribution >= 4 is 5.97 Å². The van der Waals surface area contributed by atoms with E-state index >= 15 is 0 Å². The van der Waals surface area contributed by atoms with Crippen LogP contribution in [0.25, 0.3) is 0 Å². The number of hydrogen-bond donors (Lipinski definition) is 1. The maximum atomic E-state index is 13.7. The number of benzene rings is 1. The van der Waals surface area contributed by atoms with E-state index in [9.17, 15) is 13.6 Å². The lowest BCUT2D eigenvalue weighted by atomic mass is 9.87. The first-order valence-corrected chi connectivity index (χ1v) is 5.14. The Hall–Kier alpha value is -1.65. The fourth-order valence-corrected chi connectivity index (χ4v) is 1.77. The molecule has 0 bridgehead atoms. The molecule has 1 N–H and O–H groups in total. The molecule has 0 fully saturated rings. The molecule has 0 saturated carbocycles. The van der Waals surface area contributed by atoms with E-state index in [2.05, 4.69) is 0 Å². The summed E-state index contributed by atoms with van der Waals surface area (Å²) >= 11 is 0. The molecule has 5 heteroatoms. The molecule has 0 aliphatic rings. The third kappa shape index (κ3) is 2.72. The summed E-state index contributed by atoms with van der Waals surface area (Å²) in [6.07, 6.45) is 0. The van der Waals surface area contributed by atoms with Gasteiger partial charge in [-0.25, -0.2) is 8.78 Å². The van der Waals surface area contributed by atoms with Gasteiger partial charge in [-0.15, -0.1) is 0 Å². The molecule has 94 valence electrons. The zero-order valence-electron chi connectivity index (χ0n) is 9.83. The molecule has 0 heterocycles. The van der Waals surface area contributed by atoms with Gasteiger partial charge in [0.2, 0.25) is 0 Å². The summed E-state index contributed by atoms with van der Waals surface area (Å²) in [6, 6.07) is 1.65. The third-order valence-electron chi connectivity index (χ3n) is 2.52. The van der Waals surface area contributed by atoms with E-state index < -0.39 is 23.5 Å². The maximum Gasteiger partial charge on any atom is 0.311 e. The summed E-state index contributed by atoms with van der Waals surface area (Å²) in [7, 11) is 1.25. The number of halogens is 2. The number of methoxy groups -OCH3 is 1. The van der Waals surface area contributed by atoms with Crippen molar-refractivity contribution in [1.29, 1.82) is 0 Å². The molecule has 0 aromatic heterocycles. The van der Waals surface area contributed by atoms with Crippen LogP contribution in [0.3, 0.4) is 0 Å². The second-order valence-corrected chi connectivity index (χ2v) is 4.06. The smallest absolute Gasteiger partial charge is 0.311 e. The van der Waals surface area contributed by atoms with Crippen molar-refractivity contribution in [1.82, 2.24) is 0 Å². The van der Waals surface area contributed by atoms with E-state index in [1.165, 1.54) is 7.11 Å². The van der Waals surface area contributed by atoms with Crippen LogP contribution in [0.1, 0.15) is 25.3 Å². The van der Waals surface area contributed by atoms with Gasteiger partial charge in [0.1, 0.15) is 17.4 Å². The Bertz CT molecular complexity index is 430. The van der Waals surface area contributed by atoms with Gasteiger partial charge in [-0.3, -0.25) is 4.79 Å². The van der Waals surface area contributed by atoms with Crippen LogP contribution in [0, 0.1) is 17.6 Å². The highest BCUT2D eigenvalue weighted by Crippen LogP contribution is 2.35. The molecule has 17 heavy (non-hydrogen) atoms. The Balaban J connectivity index is 3.41. The molecule has 1 aromatic carbocycles. The van der Waals surface area contributed by atoms with E-state index in [-0.39, 0.29) is 17.2 Å². The number of aliphatic carboxylic acids is 1. The van der Waals surface area contributed by atoms with Crippen molar-refractivity contribution in [2.24, 2.45) is 5.92 Å². The monoisotopic (exact) mass is 244 g/mol. The Labute approximate surface area is 98.0 Å². The molecule has 0 aliphatic heterocycles. The molecule has 1 unspecified atom stereocenters. The molecule has 1 rings (SSSR count). The average molecular weight is 244 g/mol. The number of hydrogen-bond acceptors (Lipinski definition) is 2. The minimum Gasteiger partial charge on any atom is -0.496 e. The summed E-state index contributed by atoms with van der Waals surface area (Å²) in [5, 5.41) is 9.09. The van der Waals surface area contributed by atoms with Crippen LogP contribution in [0.2, 0.25) is 0 Å². The first-order chi connectivity index (χ1) is 7.88. The molecule has 0 spiro atoms. The predicted molar refractivity (Wildman–Crippen MR) is 58.1 cm³/mol. The molecule has 0 aliphatic carbocycles. The summed E-state index contributed by atoms with van der Waals surface area (Å²) in [5.41, 5.74) is -0.114. The van der Waals surface area contributed by atoms with E-state index in [1.807, 2.05) is 0 Å². The summed E-state index contributed by atoms with van der Waals surface area (Å²) in [4.78, 5) is 11.1. The summed E-state index contributed by atoms with van der Waals surface area (Å²) in [5.74, 6) is -4.33. The van der Waals surface area contributed by atoms with Gasteiger partial charge in [0.05, 0.1) is 13.0 Å². The van der Waals surface area contributed by atoms with E-state index in [1.54, 1.807) is 13.8 Å². The van der Waals surface area contributed by atoms with Crippen molar-refractivity contribution < 1.29 is 23.4 Å². The lowest BCUT2D eigenvalue weighted by Gasteiger charge is -2.20. The first kappa shape index (κ1) is 13.4. The lowest BCUT2D eigenvalue weighted by Crippen LogP contribution is -2.20. The van der Waals surface area contributed by atoms with Gasteiger partial charge in [-0.1, -0.05) is 13.8 Å². The zero-order chi connectivity index (χ0) is 13.2. The molecule has 0 radical (unpaired) electrons. The van der Waals surface area contributed by atoms with Crippen molar-refractivity contribution in [2.45, 2.75) is 19.8 Å². The zero-order valence-corrected chi connectivity index (χ0v) is 9.83. The Morgan fingerprint density at radius 2 is 1.94 bits per heavy atom. The van der Waals surface area contributed by atoms with E-state index in [0.717, 1.165) is 6.07 Å². The second-order valence-electron chi connectivity index (χ2n) is 4.06. The van der Waals surface area contributed by atoms with E-state index in [4.69, 9.17) is 9.84 Å². The predicted octanol–water partition coefficient (Wildman–Crippen LogP) is 2.80. The van der Waals surface area contributed by atoms with Crippen LogP contribution in [0.4, 0.5) is 8.78 Å². The quantitative estimate of drug-likeness (QED) is 0.885. The highest BCUT2D eigenvalue weighted by Gasteiger charge is 2.30. The largest absolute Gasteiger partial charge is 0.496 e. The number of carboxylic acid groups (broad SMARTS) is 1. The van der Waals surface area contributed by atoms with Crippen molar-refractivity contribution in [3.63, 3.8) is 0 Å². The van der Waals surface area contributed by atoms with Gasteiger partial charge < -0.3 is 9.84 Å². The Morgan fingerprint density at radius 3 is 2.35 bits per heavy atom. The van der Waals surface area contributed by atoms with Crippen LogP contribution in [-0.2, 0) is 4.79 Å². The minimum absolute atomic E-state index is 0.0800. The fourth-order valence-electron chi connectivity index (χ4n) is 1.77. The van der Waals surface area contributed by atoms with Crippen molar-refractivity contribution in [2.75, 3.05) is 7.11 Å². The molecule has 3 nitrogen and oxygen atoms in total. The Morgan fingerprint density at radius 1 is 1.35 bits per heavy atom. The van der Waals surface area contributed by atoms with Gasteiger partial charge >= 0.3 is 5.97 Å². The van der Waals surface area contributed by atoms with Gasteiger partial charge in [0.25, 0.3) is 0 Å². The molecular weight excluding hydrogens is 230 g/mol. The normalized spacial score (nSPS) is 12.6. The van der Waals surface area contributed by atoms with Gasteiger partial charge in [-0.05, 0) is 5.92 Å². The van der Waals surface area contributed by atoms with Crippen molar-refractivity contribution in [3.05, 3.63) is 29.3 Å². The van der Waals surface area contributed by atoms with E-state index in [0.29, 0.717) is 6.07 Å². The second kappa shape index (κ2) is 5.12. The topological polar surface area (TPSA) is 46.5 Å². The van der Waals surface area contributed by atoms with Crippen LogP contribution in [-0.4, -0.2) is 18.2 Å². The number of carboxylic acids is 1. The summed E-state index contributed by atoms with van der Waals surface area (Å²) in [6.45, 7) is 3.31. The SMILES string of the molecule is COc1cc(F)cc(F)c1C(C(=O)O)C(C)C. The first-order valence-electron chi connectivity index (χ1n) is 5.14. The minimum atomic E-state index is -1.16. The number of rotatable bonds is 4. The van der Waals surface area contributed by atoms with Crippen LogP contribution in [0.5, 0.6) is 5.75 Å². The van der Waals surface area contributed by atoms with Gasteiger partial charge in [0.15, 0.2) is 0 Å². The summed E-state index contributed by atoms with van der Waals surface area (Å²) < 4.78 is 31.5. The molecule has 1 aromatic rings. The Kier molecular flexibility index (Phi) is 4.04. The molecule has 1 atom stereocenters. The standard InChI is InChI=1S/C12H14F2O3/c1-6(2)10(12(15)16)11-8(14)4-7(13)5-9(11)17-3/h4-6,10H,1-3H3,(H,15,16). The number of carbonyl (C=O) groups is 1. The third-order valence-corrected chi connectivity index (χ3v) is 2.52. The van der Waals surface area contributed by atoms with Crippen LogP contribution >= 0.6 is 0 Å². The highest BCUT2D eigenvalue weighted by atomic mass is 19.1. The van der Waals surface area contributed by atoms with Crippen molar-refractivity contribution in [3.8, 4) is 5.75 Å². The number of ether oxygens (including phenoxy) is 1. The van der Waals surface area contributed by atoms with Gasteiger partial charge in [-0.2, -0.15) is 0 Å².